The summed E-state index contributed by atoms with van der Waals surface area (Å²) in [7, 11) is -1.29. The van der Waals surface area contributed by atoms with Gasteiger partial charge in [-0.2, -0.15) is 0 Å². The Morgan fingerprint density at radius 2 is 2.00 bits per heavy atom. The summed E-state index contributed by atoms with van der Waals surface area (Å²) in [6.45, 7) is 0. The zero-order valence-electron chi connectivity index (χ0n) is 9.13. The lowest BCUT2D eigenvalue weighted by Crippen LogP contribution is -1.96. The third-order valence-electron chi connectivity index (χ3n) is 2.25. The van der Waals surface area contributed by atoms with Gasteiger partial charge in [0.05, 0.1) is 22.1 Å². The van der Waals surface area contributed by atoms with Crippen molar-refractivity contribution < 1.29 is 18.5 Å². The highest BCUT2D eigenvalue weighted by atomic mass is 35.5. The number of benzene rings is 1. The van der Waals surface area contributed by atoms with E-state index in [9.17, 15) is 9.00 Å². The number of furan rings is 1. The first kappa shape index (κ1) is 12.9. The molecule has 0 amide bonds. The molecule has 0 bridgehead atoms. The molecular formula is C12H9ClO4S. The molecule has 1 heterocycles. The van der Waals surface area contributed by atoms with Gasteiger partial charge in [-0.05, 0) is 30.3 Å². The zero-order chi connectivity index (χ0) is 13.1. The second-order valence-electron chi connectivity index (χ2n) is 3.55. The van der Waals surface area contributed by atoms with Crippen LogP contribution in [0.3, 0.4) is 0 Å². The van der Waals surface area contributed by atoms with Gasteiger partial charge in [0.2, 0.25) is 0 Å². The van der Waals surface area contributed by atoms with Crippen LogP contribution in [0.4, 0.5) is 0 Å². The van der Waals surface area contributed by atoms with Gasteiger partial charge >= 0.3 is 5.97 Å². The Morgan fingerprint density at radius 3 is 2.56 bits per heavy atom. The van der Waals surface area contributed by atoms with Crippen molar-refractivity contribution in [1.29, 1.82) is 0 Å². The van der Waals surface area contributed by atoms with Crippen molar-refractivity contribution in [3.63, 3.8) is 0 Å². The van der Waals surface area contributed by atoms with Crippen molar-refractivity contribution >= 4 is 28.4 Å². The maximum atomic E-state index is 12.0. The van der Waals surface area contributed by atoms with Gasteiger partial charge in [-0.1, -0.05) is 11.6 Å². The predicted octanol–water partition coefficient (Wildman–Crippen LogP) is 2.94. The van der Waals surface area contributed by atoms with Crippen molar-refractivity contribution in [1.82, 2.24) is 0 Å². The van der Waals surface area contributed by atoms with E-state index in [1.165, 1.54) is 6.07 Å². The van der Waals surface area contributed by atoms with Crippen molar-refractivity contribution in [2.45, 2.75) is 10.6 Å². The van der Waals surface area contributed by atoms with Gasteiger partial charge in [0, 0.05) is 9.92 Å². The lowest BCUT2D eigenvalue weighted by Gasteiger charge is -1.99. The van der Waals surface area contributed by atoms with E-state index in [1.807, 2.05) is 0 Å². The molecule has 0 radical (unpaired) electrons. The smallest absolute Gasteiger partial charge is 0.338 e. The standard InChI is InChI=1S/C12H9ClO4S/c13-9-1-3-11(4-2-9)18(16)7-10-5-8(6-17-10)12(14)15/h1-6H,7H2,(H,14,15). The summed E-state index contributed by atoms with van der Waals surface area (Å²) in [5.41, 5.74) is 0.0538. The number of hydrogen-bond acceptors (Lipinski definition) is 3. The molecule has 4 nitrogen and oxygen atoms in total. The van der Waals surface area contributed by atoms with Gasteiger partial charge in [0.25, 0.3) is 0 Å². The molecule has 1 aromatic carbocycles. The van der Waals surface area contributed by atoms with Crippen LogP contribution in [0.5, 0.6) is 0 Å². The van der Waals surface area contributed by atoms with Crippen LogP contribution in [0, 0.1) is 0 Å². The first-order chi connectivity index (χ1) is 8.56. The summed E-state index contributed by atoms with van der Waals surface area (Å²) in [5.74, 6) is -0.558. The molecule has 0 aliphatic rings. The van der Waals surface area contributed by atoms with E-state index in [1.54, 1.807) is 24.3 Å². The molecule has 0 saturated heterocycles. The molecule has 0 saturated carbocycles. The number of rotatable bonds is 4. The molecular weight excluding hydrogens is 276 g/mol. The fraction of sp³-hybridized carbons (Fsp3) is 0.0833. The Labute approximate surface area is 111 Å². The average Bonchev–Trinajstić information content (AvgIpc) is 2.78. The molecule has 1 aromatic heterocycles. The molecule has 1 atom stereocenters. The number of halogens is 1. The lowest BCUT2D eigenvalue weighted by molar-refractivity contribution is 0.0696. The number of aromatic carboxylic acids is 1. The van der Waals surface area contributed by atoms with E-state index in [0.29, 0.717) is 15.7 Å². The molecule has 1 N–H and O–H groups in total. The Kier molecular flexibility index (Phi) is 3.84. The quantitative estimate of drug-likeness (QED) is 0.937. The zero-order valence-corrected chi connectivity index (χ0v) is 10.7. The first-order valence-corrected chi connectivity index (χ1v) is 6.70. The van der Waals surface area contributed by atoms with E-state index in [4.69, 9.17) is 21.1 Å². The van der Waals surface area contributed by atoms with Crippen LogP contribution in [0.15, 0.2) is 45.9 Å². The SMILES string of the molecule is O=C(O)c1coc(CS(=O)c2ccc(Cl)cc2)c1. The summed E-state index contributed by atoms with van der Waals surface area (Å²) in [4.78, 5) is 11.3. The molecule has 0 aliphatic carbocycles. The van der Waals surface area contributed by atoms with Crippen LogP contribution in [0.2, 0.25) is 5.02 Å². The first-order valence-electron chi connectivity index (χ1n) is 5.01. The Balaban J connectivity index is 2.11. The topological polar surface area (TPSA) is 67.5 Å². The van der Waals surface area contributed by atoms with Crippen LogP contribution in [0.25, 0.3) is 0 Å². The van der Waals surface area contributed by atoms with Gasteiger partial charge in [0.1, 0.15) is 12.0 Å². The molecule has 0 aliphatic heterocycles. The lowest BCUT2D eigenvalue weighted by atomic mass is 10.3. The van der Waals surface area contributed by atoms with Crippen LogP contribution < -0.4 is 0 Å². The van der Waals surface area contributed by atoms with Gasteiger partial charge in [-0.15, -0.1) is 0 Å². The number of carboxylic acid groups (broad SMARTS) is 1. The monoisotopic (exact) mass is 284 g/mol. The molecule has 0 spiro atoms. The Hall–Kier alpha value is -1.59. The van der Waals surface area contributed by atoms with E-state index >= 15 is 0 Å². The maximum Gasteiger partial charge on any atom is 0.338 e. The highest BCUT2D eigenvalue weighted by Crippen LogP contribution is 2.17. The van der Waals surface area contributed by atoms with Gasteiger partial charge in [0.15, 0.2) is 0 Å². The second-order valence-corrected chi connectivity index (χ2v) is 5.44. The Bertz CT molecular complexity index is 588. The minimum Gasteiger partial charge on any atom is -0.478 e. The second kappa shape index (κ2) is 5.37. The minimum absolute atomic E-state index is 0.0538. The highest BCUT2D eigenvalue weighted by Gasteiger charge is 2.12. The van der Waals surface area contributed by atoms with E-state index < -0.39 is 16.8 Å². The maximum absolute atomic E-state index is 12.0. The molecule has 2 aromatic rings. The van der Waals surface area contributed by atoms with E-state index in [2.05, 4.69) is 0 Å². The molecule has 94 valence electrons. The van der Waals surface area contributed by atoms with Gasteiger partial charge in [-0.25, -0.2) is 4.79 Å². The Morgan fingerprint density at radius 1 is 1.33 bits per heavy atom. The van der Waals surface area contributed by atoms with Crippen molar-refractivity contribution in [3.8, 4) is 0 Å². The van der Waals surface area contributed by atoms with Crippen molar-refractivity contribution in [3.05, 3.63) is 52.9 Å². The summed E-state index contributed by atoms with van der Waals surface area (Å²) in [6, 6.07) is 8.01. The van der Waals surface area contributed by atoms with E-state index in [0.717, 1.165) is 6.26 Å². The summed E-state index contributed by atoms with van der Waals surface area (Å²) >= 11 is 5.73. The molecule has 6 heteroatoms. The van der Waals surface area contributed by atoms with E-state index in [-0.39, 0.29) is 11.3 Å². The molecule has 0 fully saturated rings. The average molecular weight is 285 g/mol. The minimum atomic E-state index is -1.29. The highest BCUT2D eigenvalue weighted by molar-refractivity contribution is 7.84. The fourth-order valence-corrected chi connectivity index (χ4v) is 2.51. The van der Waals surface area contributed by atoms with Crippen molar-refractivity contribution in [2.75, 3.05) is 0 Å². The third-order valence-corrected chi connectivity index (χ3v) is 3.85. The summed E-state index contributed by atoms with van der Waals surface area (Å²) in [5, 5.41) is 9.30. The fourth-order valence-electron chi connectivity index (χ4n) is 1.37. The molecule has 2 rings (SSSR count). The van der Waals surface area contributed by atoms with Crippen molar-refractivity contribution in [2.24, 2.45) is 0 Å². The van der Waals surface area contributed by atoms with Gasteiger partial charge in [-0.3, -0.25) is 4.21 Å². The normalized spacial score (nSPS) is 12.3. The van der Waals surface area contributed by atoms with Crippen LogP contribution in [-0.4, -0.2) is 15.3 Å². The van der Waals surface area contributed by atoms with Gasteiger partial charge < -0.3 is 9.52 Å². The third kappa shape index (κ3) is 3.00. The summed E-state index contributed by atoms with van der Waals surface area (Å²) in [6.07, 6.45) is 1.14. The largest absolute Gasteiger partial charge is 0.478 e. The van der Waals surface area contributed by atoms with Crippen LogP contribution >= 0.6 is 11.6 Å². The summed E-state index contributed by atoms with van der Waals surface area (Å²) < 4.78 is 17.0. The van der Waals surface area contributed by atoms with Crippen LogP contribution in [0.1, 0.15) is 16.1 Å². The van der Waals surface area contributed by atoms with Crippen LogP contribution in [-0.2, 0) is 16.6 Å². The number of carboxylic acids is 1. The number of carbonyl (C=O) groups is 1. The number of hydrogen-bond donors (Lipinski definition) is 1. The predicted molar refractivity (Wildman–Crippen MR) is 67.2 cm³/mol. The molecule has 1 unspecified atom stereocenters. The molecule has 18 heavy (non-hydrogen) atoms.